The molecule has 0 fully saturated rings. The maximum Gasteiger partial charge on any atom is 0.163 e. The number of carbonyl (C=O) groups excluding carboxylic acids is 2. The van der Waals surface area contributed by atoms with Gasteiger partial charge in [-0.05, 0) is 0 Å². The van der Waals surface area contributed by atoms with Gasteiger partial charge in [0.25, 0.3) is 0 Å². The number of Topliss-reactive ketones (excluding diaryl/α,β-unsaturated/α-hetero) is 2. The SMILES string of the molecule is CC(C)(C)C(=O)COCOCCOCOCC(=O)C(C)(C)C. The van der Waals surface area contributed by atoms with E-state index in [2.05, 4.69) is 0 Å². The van der Waals surface area contributed by atoms with Crippen molar-refractivity contribution in [3.05, 3.63) is 0 Å². The average Bonchev–Trinajstić information content (AvgIpc) is 2.38. The van der Waals surface area contributed by atoms with Crippen LogP contribution in [0.1, 0.15) is 41.5 Å². The Morgan fingerprint density at radius 2 is 0.955 bits per heavy atom. The minimum Gasteiger partial charge on any atom is -0.353 e. The highest BCUT2D eigenvalue weighted by Gasteiger charge is 2.21. The van der Waals surface area contributed by atoms with Gasteiger partial charge in [0.2, 0.25) is 0 Å². The monoisotopic (exact) mass is 318 g/mol. The summed E-state index contributed by atoms with van der Waals surface area (Å²) in [5.74, 6) is 0.0635. The van der Waals surface area contributed by atoms with Crippen molar-refractivity contribution in [3.8, 4) is 0 Å². The van der Waals surface area contributed by atoms with Gasteiger partial charge in [-0.1, -0.05) is 41.5 Å². The molecule has 130 valence electrons. The first-order valence-electron chi connectivity index (χ1n) is 7.42. The van der Waals surface area contributed by atoms with E-state index in [4.69, 9.17) is 18.9 Å². The van der Waals surface area contributed by atoms with Crippen molar-refractivity contribution >= 4 is 11.6 Å². The highest BCUT2D eigenvalue weighted by atomic mass is 16.7. The quantitative estimate of drug-likeness (QED) is 0.429. The fraction of sp³-hybridized carbons (Fsp3) is 0.875. The summed E-state index contributed by atoms with van der Waals surface area (Å²) in [5, 5.41) is 0. The van der Waals surface area contributed by atoms with Crippen molar-refractivity contribution in [2.75, 3.05) is 40.0 Å². The zero-order valence-corrected chi connectivity index (χ0v) is 14.7. The largest absolute Gasteiger partial charge is 0.353 e. The molecule has 6 heteroatoms. The minimum atomic E-state index is -0.398. The van der Waals surface area contributed by atoms with E-state index in [9.17, 15) is 9.59 Å². The lowest BCUT2D eigenvalue weighted by molar-refractivity contribution is -0.142. The van der Waals surface area contributed by atoms with Gasteiger partial charge in [-0.3, -0.25) is 9.59 Å². The smallest absolute Gasteiger partial charge is 0.163 e. The highest BCUT2D eigenvalue weighted by molar-refractivity contribution is 5.85. The molecule has 0 aliphatic carbocycles. The molecule has 0 radical (unpaired) electrons. The minimum absolute atomic E-state index is 0.0317. The van der Waals surface area contributed by atoms with Crippen molar-refractivity contribution in [1.82, 2.24) is 0 Å². The Balaban J connectivity index is 3.38. The topological polar surface area (TPSA) is 71.1 Å². The summed E-state index contributed by atoms with van der Waals surface area (Å²) in [4.78, 5) is 23.1. The van der Waals surface area contributed by atoms with E-state index in [-0.39, 0.29) is 38.4 Å². The second-order valence-corrected chi connectivity index (χ2v) is 7.10. The molecule has 0 atom stereocenters. The molecule has 0 bridgehead atoms. The first kappa shape index (κ1) is 21.2. The standard InChI is InChI=1S/C16H30O6/c1-15(2,3)13(17)9-21-11-19-7-8-20-12-22-10-14(18)16(4,5)6/h7-12H2,1-6H3. The molecular formula is C16H30O6. The number of rotatable bonds is 11. The second-order valence-electron chi connectivity index (χ2n) is 7.10. The van der Waals surface area contributed by atoms with Crippen LogP contribution >= 0.6 is 0 Å². The lowest BCUT2D eigenvalue weighted by Gasteiger charge is -2.16. The van der Waals surface area contributed by atoms with Crippen LogP contribution in [0.4, 0.5) is 0 Å². The lowest BCUT2D eigenvalue weighted by atomic mass is 9.91. The Bertz CT molecular complexity index is 304. The molecule has 0 aliphatic rings. The van der Waals surface area contributed by atoms with E-state index in [0.29, 0.717) is 13.2 Å². The summed E-state index contributed by atoms with van der Waals surface area (Å²) >= 11 is 0. The van der Waals surface area contributed by atoms with Crippen LogP contribution in [0.3, 0.4) is 0 Å². The molecule has 0 saturated carbocycles. The second kappa shape index (κ2) is 10.0. The summed E-state index contributed by atoms with van der Waals surface area (Å²) in [7, 11) is 0. The van der Waals surface area contributed by atoms with Crippen LogP contribution < -0.4 is 0 Å². The van der Waals surface area contributed by atoms with Gasteiger partial charge >= 0.3 is 0 Å². The highest BCUT2D eigenvalue weighted by Crippen LogP contribution is 2.14. The van der Waals surface area contributed by atoms with Gasteiger partial charge in [0.15, 0.2) is 11.6 Å². The van der Waals surface area contributed by atoms with E-state index in [1.54, 1.807) is 0 Å². The van der Waals surface area contributed by atoms with Gasteiger partial charge in [0.05, 0.1) is 13.2 Å². The van der Waals surface area contributed by atoms with Crippen molar-refractivity contribution in [1.29, 1.82) is 0 Å². The van der Waals surface area contributed by atoms with Crippen molar-refractivity contribution < 1.29 is 28.5 Å². The first-order chi connectivity index (χ1) is 10.0. The molecule has 0 N–H and O–H groups in total. The van der Waals surface area contributed by atoms with Crippen molar-refractivity contribution in [2.45, 2.75) is 41.5 Å². The molecule has 0 rings (SSSR count). The number of carbonyl (C=O) groups is 2. The zero-order chi connectivity index (χ0) is 17.2. The maximum absolute atomic E-state index is 11.5. The molecule has 0 aromatic carbocycles. The summed E-state index contributed by atoms with van der Waals surface area (Å²) in [5.41, 5.74) is -0.796. The molecule has 0 unspecified atom stereocenters. The number of hydrogen-bond acceptors (Lipinski definition) is 6. The van der Waals surface area contributed by atoms with Crippen LogP contribution in [0, 0.1) is 10.8 Å². The summed E-state index contributed by atoms with van der Waals surface area (Å²) in [6, 6.07) is 0. The summed E-state index contributed by atoms with van der Waals surface area (Å²) in [6.45, 7) is 11.9. The Morgan fingerprint density at radius 3 is 1.23 bits per heavy atom. The van der Waals surface area contributed by atoms with E-state index in [1.165, 1.54) is 0 Å². The third-order valence-corrected chi connectivity index (χ3v) is 2.84. The number of ether oxygens (including phenoxy) is 4. The third-order valence-electron chi connectivity index (χ3n) is 2.84. The van der Waals surface area contributed by atoms with Crippen molar-refractivity contribution in [2.24, 2.45) is 10.8 Å². The van der Waals surface area contributed by atoms with E-state index in [1.807, 2.05) is 41.5 Å². The van der Waals surface area contributed by atoms with Crippen LogP contribution in [0.5, 0.6) is 0 Å². The first-order valence-corrected chi connectivity index (χ1v) is 7.42. The van der Waals surface area contributed by atoms with E-state index < -0.39 is 10.8 Å². The third kappa shape index (κ3) is 10.8. The summed E-state index contributed by atoms with van der Waals surface area (Å²) < 4.78 is 20.5. The van der Waals surface area contributed by atoms with Crippen molar-refractivity contribution in [3.63, 3.8) is 0 Å². The van der Waals surface area contributed by atoms with Crippen LogP contribution in [-0.4, -0.2) is 51.6 Å². The van der Waals surface area contributed by atoms with Gasteiger partial charge < -0.3 is 18.9 Å². The Labute approximate surface area is 133 Å². The van der Waals surface area contributed by atoms with E-state index in [0.717, 1.165) is 0 Å². The molecule has 0 amide bonds. The normalized spacial score (nSPS) is 12.5. The van der Waals surface area contributed by atoms with Crippen LogP contribution in [-0.2, 0) is 28.5 Å². The lowest BCUT2D eigenvalue weighted by Crippen LogP contribution is -2.26. The fourth-order valence-corrected chi connectivity index (χ4v) is 1.06. The van der Waals surface area contributed by atoms with Gasteiger partial charge in [-0.2, -0.15) is 0 Å². The molecule has 0 aromatic heterocycles. The molecule has 0 saturated heterocycles. The molecule has 0 aromatic rings. The Kier molecular flexibility index (Phi) is 9.67. The predicted octanol–water partition coefficient (Wildman–Crippen LogP) is 2.20. The Morgan fingerprint density at radius 1 is 0.636 bits per heavy atom. The zero-order valence-electron chi connectivity index (χ0n) is 14.7. The molecule has 0 spiro atoms. The molecular weight excluding hydrogens is 288 g/mol. The number of hydrogen-bond donors (Lipinski definition) is 0. The van der Waals surface area contributed by atoms with E-state index >= 15 is 0 Å². The fourth-order valence-electron chi connectivity index (χ4n) is 1.06. The van der Waals surface area contributed by atoms with Gasteiger partial charge in [0.1, 0.15) is 26.8 Å². The molecule has 6 nitrogen and oxygen atoms in total. The number of ketones is 2. The maximum atomic E-state index is 11.5. The Hall–Kier alpha value is -0.820. The molecule has 0 aliphatic heterocycles. The molecule has 22 heavy (non-hydrogen) atoms. The molecule has 0 heterocycles. The average molecular weight is 318 g/mol. The van der Waals surface area contributed by atoms with Crippen LogP contribution in [0.15, 0.2) is 0 Å². The van der Waals surface area contributed by atoms with Crippen LogP contribution in [0.25, 0.3) is 0 Å². The van der Waals surface area contributed by atoms with Crippen LogP contribution in [0.2, 0.25) is 0 Å². The van der Waals surface area contributed by atoms with Gasteiger partial charge in [-0.25, -0.2) is 0 Å². The summed E-state index contributed by atoms with van der Waals surface area (Å²) in [6.07, 6.45) is 0. The van der Waals surface area contributed by atoms with Gasteiger partial charge in [0, 0.05) is 10.8 Å². The predicted molar refractivity (Wildman–Crippen MR) is 82.5 cm³/mol. The van der Waals surface area contributed by atoms with Gasteiger partial charge in [-0.15, -0.1) is 0 Å².